The van der Waals surface area contributed by atoms with Crippen LogP contribution in [0.1, 0.15) is 26.2 Å². The Morgan fingerprint density at radius 1 is 1.73 bits per heavy atom. The summed E-state index contributed by atoms with van der Waals surface area (Å²) in [6.45, 7) is 3.34. The van der Waals surface area contributed by atoms with Crippen molar-refractivity contribution in [3.63, 3.8) is 0 Å². The fourth-order valence-electron chi connectivity index (χ4n) is 1.86. The summed E-state index contributed by atoms with van der Waals surface area (Å²) in [5, 5.41) is 10.7. The van der Waals surface area contributed by atoms with Crippen LogP contribution in [0.15, 0.2) is 11.9 Å². The van der Waals surface area contributed by atoms with Crippen LogP contribution >= 0.6 is 0 Å². The van der Waals surface area contributed by atoms with Gasteiger partial charge in [-0.3, -0.25) is 10.1 Å². The normalized spacial score (nSPS) is 22.1. The zero-order valence-corrected chi connectivity index (χ0v) is 9.31. The monoisotopic (exact) mass is 214 g/mol. The molecule has 0 aromatic heterocycles. The van der Waals surface area contributed by atoms with Crippen molar-refractivity contribution in [3.05, 3.63) is 22.0 Å². The van der Waals surface area contributed by atoms with Crippen molar-refractivity contribution in [2.75, 3.05) is 20.3 Å². The first-order valence-corrected chi connectivity index (χ1v) is 5.28. The molecule has 1 aliphatic heterocycles. The molecule has 1 aliphatic rings. The van der Waals surface area contributed by atoms with Crippen molar-refractivity contribution in [1.29, 1.82) is 0 Å². The molecule has 1 fully saturated rings. The van der Waals surface area contributed by atoms with Crippen LogP contribution in [0.4, 0.5) is 0 Å². The molecule has 1 saturated heterocycles. The number of rotatable bonds is 5. The van der Waals surface area contributed by atoms with E-state index in [2.05, 4.69) is 0 Å². The molecular weight excluding hydrogens is 196 g/mol. The first-order valence-electron chi connectivity index (χ1n) is 5.28. The summed E-state index contributed by atoms with van der Waals surface area (Å²) in [5.74, 6) is 0. The second-order valence-corrected chi connectivity index (χ2v) is 3.72. The lowest BCUT2D eigenvalue weighted by Crippen LogP contribution is -2.29. The minimum absolute atomic E-state index is 0.276. The summed E-state index contributed by atoms with van der Waals surface area (Å²) in [4.78, 5) is 12.4. The highest BCUT2D eigenvalue weighted by Gasteiger charge is 2.23. The summed E-state index contributed by atoms with van der Waals surface area (Å²) in [6.07, 6.45) is 4.28. The van der Waals surface area contributed by atoms with Gasteiger partial charge < -0.3 is 9.64 Å². The van der Waals surface area contributed by atoms with Crippen molar-refractivity contribution >= 4 is 0 Å². The maximum absolute atomic E-state index is 10.7. The average Bonchev–Trinajstić information content (AvgIpc) is 2.62. The second kappa shape index (κ2) is 5.70. The molecule has 0 aromatic rings. The summed E-state index contributed by atoms with van der Waals surface area (Å²) in [5.41, 5.74) is 0.276. The van der Waals surface area contributed by atoms with Crippen molar-refractivity contribution in [2.45, 2.75) is 32.2 Å². The molecule has 0 aliphatic carbocycles. The Morgan fingerprint density at radius 2 is 2.47 bits per heavy atom. The van der Waals surface area contributed by atoms with Crippen molar-refractivity contribution < 1.29 is 9.66 Å². The Hall–Kier alpha value is -1.10. The van der Waals surface area contributed by atoms with Crippen LogP contribution < -0.4 is 0 Å². The Bertz CT molecular complexity index is 253. The molecule has 0 saturated carbocycles. The van der Waals surface area contributed by atoms with Gasteiger partial charge in [0, 0.05) is 20.1 Å². The van der Waals surface area contributed by atoms with Gasteiger partial charge in [-0.2, -0.15) is 0 Å². The standard InChI is InChI=1S/C10H18N2O3/c1-3-9(12(13)14)7-11-6-4-5-10(11)8-15-2/h7,10H,3-6,8H2,1-2H3/b9-7+/t10-/m0/s1. The van der Waals surface area contributed by atoms with E-state index in [1.54, 1.807) is 20.2 Å². The summed E-state index contributed by atoms with van der Waals surface area (Å²) < 4.78 is 5.09. The molecule has 86 valence electrons. The lowest BCUT2D eigenvalue weighted by atomic mass is 10.2. The molecule has 15 heavy (non-hydrogen) atoms. The van der Waals surface area contributed by atoms with Gasteiger partial charge in [-0.05, 0) is 12.8 Å². The van der Waals surface area contributed by atoms with E-state index in [-0.39, 0.29) is 10.6 Å². The Labute approximate surface area is 89.9 Å². The molecule has 5 heteroatoms. The summed E-state index contributed by atoms with van der Waals surface area (Å²) in [6, 6.07) is 0.302. The Kier molecular flexibility index (Phi) is 4.55. The van der Waals surface area contributed by atoms with Gasteiger partial charge in [0.05, 0.1) is 23.8 Å². The number of ether oxygens (including phenoxy) is 1. The maximum atomic E-state index is 10.7. The minimum atomic E-state index is -0.303. The third-order valence-corrected chi connectivity index (χ3v) is 2.69. The van der Waals surface area contributed by atoms with Crippen molar-refractivity contribution in [3.8, 4) is 0 Å². The molecule has 0 radical (unpaired) electrons. The topological polar surface area (TPSA) is 55.6 Å². The van der Waals surface area contributed by atoms with E-state index in [0.29, 0.717) is 19.1 Å². The smallest absolute Gasteiger partial charge is 0.261 e. The molecule has 0 N–H and O–H groups in total. The van der Waals surface area contributed by atoms with Gasteiger partial charge in [0.2, 0.25) is 0 Å². The SMILES string of the molecule is CC/C(=C\N1CCC[C@H]1COC)[N+](=O)[O-]. The zero-order valence-electron chi connectivity index (χ0n) is 9.31. The number of likely N-dealkylation sites (tertiary alicyclic amines) is 1. The number of nitrogens with zero attached hydrogens (tertiary/aromatic N) is 2. The van der Waals surface area contributed by atoms with Crippen LogP contribution in [0.3, 0.4) is 0 Å². The lowest BCUT2D eigenvalue weighted by Gasteiger charge is -2.21. The minimum Gasteiger partial charge on any atom is -0.383 e. The molecule has 0 bridgehead atoms. The molecule has 0 spiro atoms. The predicted octanol–water partition coefficient (Wildman–Crippen LogP) is 1.63. The highest BCUT2D eigenvalue weighted by molar-refractivity contribution is 4.95. The Morgan fingerprint density at radius 3 is 3.00 bits per heavy atom. The summed E-state index contributed by atoms with van der Waals surface area (Å²) in [7, 11) is 1.66. The number of methoxy groups -OCH3 is 1. The van der Waals surface area contributed by atoms with E-state index in [4.69, 9.17) is 4.74 Å². The van der Waals surface area contributed by atoms with Gasteiger partial charge in [0.1, 0.15) is 0 Å². The van der Waals surface area contributed by atoms with Crippen LogP contribution in [-0.4, -0.2) is 36.1 Å². The predicted molar refractivity (Wildman–Crippen MR) is 57.0 cm³/mol. The van der Waals surface area contributed by atoms with Crippen LogP contribution in [-0.2, 0) is 4.74 Å². The van der Waals surface area contributed by atoms with Crippen LogP contribution in [0.2, 0.25) is 0 Å². The number of hydrogen-bond acceptors (Lipinski definition) is 4. The first kappa shape index (κ1) is 12.0. The van der Waals surface area contributed by atoms with Crippen LogP contribution in [0.25, 0.3) is 0 Å². The molecule has 1 heterocycles. The van der Waals surface area contributed by atoms with Gasteiger partial charge in [-0.25, -0.2) is 0 Å². The van der Waals surface area contributed by atoms with Crippen molar-refractivity contribution in [2.24, 2.45) is 0 Å². The third kappa shape index (κ3) is 3.20. The highest BCUT2D eigenvalue weighted by Crippen LogP contribution is 2.19. The van der Waals surface area contributed by atoms with Gasteiger partial charge in [-0.15, -0.1) is 0 Å². The second-order valence-electron chi connectivity index (χ2n) is 3.72. The van der Waals surface area contributed by atoms with Crippen LogP contribution in [0.5, 0.6) is 0 Å². The molecule has 0 aromatic carbocycles. The number of allylic oxidation sites excluding steroid dienone is 1. The fourth-order valence-corrected chi connectivity index (χ4v) is 1.86. The molecular formula is C10H18N2O3. The average molecular weight is 214 g/mol. The molecule has 5 nitrogen and oxygen atoms in total. The molecule has 1 rings (SSSR count). The van der Waals surface area contributed by atoms with Gasteiger partial charge in [-0.1, -0.05) is 6.92 Å². The molecule has 0 amide bonds. The lowest BCUT2D eigenvalue weighted by molar-refractivity contribution is -0.428. The highest BCUT2D eigenvalue weighted by atomic mass is 16.6. The van der Waals surface area contributed by atoms with E-state index in [1.165, 1.54) is 0 Å². The summed E-state index contributed by atoms with van der Waals surface area (Å²) >= 11 is 0. The van der Waals surface area contributed by atoms with E-state index >= 15 is 0 Å². The zero-order chi connectivity index (χ0) is 11.3. The van der Waals surface area contributed by atoms with Gasteiger partial charge in [0.25, 0.3) is 5.70 Å². The van der Waals surface area contributed by atoms with Gasteiger partial charge >= 0.3 is 0 Å². The maximum Gasteiger partial charge on any atom is 0.261 e. The third-order valence-electron chi connectivity index (χ3n) is 2.69. The number of nitro groups is 1. The molecule has 1 atom stereocenters. The van der Waals surface area contributed by atoms with Crippen molar-refractivity contribution in [1.82, 2.24) is 4.90 Å². The van der Waals surface area contributed by atoms with E-state index < -0.39 is 0 Å². The van der Waals surface area contributed by atoms with Gasteiger partial charge in [0.15, 0.2) is 0 Å². The van der Waals surface area contributed by atoms with Crippen LogP contribution in [0, 0.1) is 10.1 Å². The first-order chi connectivity index (χ1) is 7.19. The van der Waals surface area contributed by atoms with E-state index in [9.17, 15) is 10.1 Å². The quantitative estimate of drug-likeness (QED) is 0.515. The Balaban J connectivity index is 2.65. The van der Waals surface area contributed by atoms with E-state index in [0.717, 1.165) is 19.4 Å². The molecule has 0 unspecified atom stereocenters. The number of hydrogen-bond donors (Lipinski definition) is 0. The largest absolute Gasteiger partial charge is 0.383 e. The van der Waals surface area contributed by atoms with E-state index in [1.807, 2.05) is 4.90 Å². The fraction of sp³-hybridized carbons (Fsp3) is 0.800.